The molecule has 1 amide bonds. The van der Waals surface area contributed by atoms with E-state index in [-0.39, 0.29) is 31.0 Å². The molecule has 1 saturated carbocycles. The number of benzene rings is 2. The largest absolute Gasteiger partial charge is 0.496 e. The molecule has 7 heteroatoms. The third-order valence-corrected chi connectivity index (χ3v) is 7.17. The molecule has 1 heterocycles. The summed E-state index contributed by atoms with van der Waals surface area (Å²) in [4.78, 5) is 27.6. The first-order valence-corrected chi connectivity index (χ1v) is 12.1. The van der Waals surface area contributed by atoms with Gasteiger partial charge in [0.1, 0.15) is 5.75 Å². The summed E-state index contributed by atoms with van der Waals surface area (Å²) < 4.78 is 10.8. The van der Waals surface area contributed by atoms with E-state index in [2.05, 4.69) is 10.2 Å². The van der Waals surface area contributed by atoms with Crippen LogP contribution in [0.1, 0.15) is 61.0 Å². The number of amides is 1. The van der Waals surface area contributed by atoms with Crippen LogP contribution < -0.4 is 10.1 Å². The molecule has 4 rings (SSSR count). The first kappa shape index (κ1) is 24.2. The smallest absolute Gasteiger partial charge is 0.340 e. The number of nitrogens with zero attached hydrogens (tertiary/aromatic N) is 1. The number of anilines is 1. The number of likely N-dealkylation sites (tertiary alicyclic amines) is 1. The molecule has 1 aliphatic carbocycles. The molecule has 0 bridgehead atoms. The average Bonchev–Trinajstić information content (AvgIpc) is 2.84. The number of methoxy groups -OCH3 is 1. The molecule has 0 radical (unpaired) electrons. The van der Waals surface area contributed by atoms with E-state index in [0.717, 1.165) is 37.0 Å². The van der Waals surface area contributed by atoms with Crippen molar-refractivity contribution in [1.29, 1.82) is 0 Å². The number of rotatable bonds is 7. The second kappa shape index (κ2) is 10.6. The van der Waals surface area contributed by atoms with Crippen LogP contribution in [-0.4, -0.2) is 54.3 Å². The van der Waals surface area contributed by atoms with E-state index >= 15 is 0 Å². The lowest BCUT2D eigenvalue weighted by atomic mass is 9.66. The van der Waals surface area contributed by atoms with Gasteiger partial charge in [0.2, 0.25) is 5.91 Å². The molecule has 2 aromatic rings. The van der Waals surface area contributed by atoms with Gasteiger partial charge in [0, 0.05) is 24.1 Å². The molecule has 7 nitrogen and oxygen atoms in total. The topological polar surface area (TPSA) is 88.1 Å². The van der Waals surface area contributed by atoms with Crippen molar-refractivity contribution in [2.24, 2.45) is 5.92 Å². The molecule has 34 heavy (non-hydrogen) atoms. The third kappa shape index (κ3) is 4.95. The van der Waals surface area contributed by atoms with Crippen LogP contribution >= 0.6 is 0 Å². The molecule has 0 aromatic heterocycles. The van der Waals surface area contributed by atoms with Crippen LogP contribution in [0.25, 0.3) is 0 Å². The lowest BCUT2D eigenvalue weighted by molar-refractivity contribution is -0.135. The van der Waals surface area contributed by atoms with Gasteiger partial charge in [-0.25, -0.2) is 4.79 Å². The fourth-order valence-corrected chi connectivity index (χ4v) is 5.60. The van der Waals surface area contributed by atoms with Gasteiger partial charge in [-0.3, -0.25) is 9.69 Å². The minimum absolute atomic E-state index is 0.0194. The fourth-order valence-electron chi connectivity index (χ4n) is 5.60. The highest BCUT2D eigenvalue weighted by molar-refractivity contribution is 6.01. The lowest BCUT2D eigenvalue weighted by Gasteiger charge is -2.52. The quantitative estimate of drug-likeness (QED) is 0.596. The first-order valence-electron chi connectivity index (χ1n) is 12.1. The van der Waals surface area contributed by atoms with E-state index in [1.54, 1.807) is 38.3 Å². The molecule has 182 valence electrons. The fraction of sp³-hybridized carbons (Fsp3) is 0.481. The van der Waals surface area contributed by atoms with Crippen molar-refractivity contribution in [3.05, 3.63) is 59.7 Å². The number of carbonyl (C=O) groups is 2. The van der Waals surface area contributed by atoms with Crippen molar-refractivity contribution < 1.29 is 24.2 Å². The van der Waals surface area contributed by atoms with Crippen LogP contribution in [0.3, 0.4) is 0 Å². The summed E-state index contributed by atoms with van der Waals surface area (Å²) in [5.41, 5.74) is 1.03. The monoisotopic (exact) mass is 466 g/mol. The molecule has 1 aliphatic heterocycles. The van der Waals surface area contributed by atoms with Crippen molar-refractivity contribution in [2.75, 3.05) is 32.1 Å². The highest BCUT2D eigenvalue weighted by Gasteiger charge is 2.49. The number of hydrogen-bond donors (Lipinski definition) is 2. The zero-order valence-electron chi connectivity index (χ0n) is 20.0. The summed E-state index contributed by atoms with van der Waals surface area (Å²) in [5.74, 6) is 0.111. The number of ether oxygens (including phenoxy) is 2. The van der Waals surface area contributed by atoms with Gasteiger partial charge in [0.15, 0.2) is 0 Å². The number of piperidine rings is 1. The zero-order valence-corrected chi connectivity index (χ0v) is 20.0. The Balaban J connectivity index is 1.59. The molecule has 2 fully saturated rings. The van der Waals surface area contributed by atoms with E-state index in [0.29, 0.717) is 24.2 Å². The molecule has 2 aliphatic rings. The van der Waals surface area contributed by atoms with E-state index < -0.39 is 11.6 Å². The summed E-state index contributed by atoms with van der Waals surface area (Å²) in [6.45, 7) is 2.76. The Kier molecular flexibility index (Phi) is 7.54. The Labute approximate surface area is 201 Å². The molecular weight excluding hydrogens is 432 g/mol. The number of fused-ring (bicyclic) bond motifs is 1. The van der Waals surface area contributed by atoms with Crippen molar-refractivity contribution in [1.82, 2.24) is 4.90 Å². The SMILES string of the molecule is CCOC(=O)c1ccccc1NC(=O)CN1CCC2(O)CCCCC2C1c1ccccc1OC. The number of aliphatic hydroxyl groups is 1. The van der Waals surface area contributed by atoms with Gasteiger partial charge in [-0.15, -0.1) is 0 Å². The minimum Gasteiger partial charge on any atom is -0.496 e. The summed E-state index contributed by atoms with van der Waals surface area (Å²) in [6, 6.07) is 14.6. The van der Waals surface area contributed by atoms with Gasteiger partial charge in [-0.2, -0.15) is 0 Å². The van der Waals surface area contributed by atoms with Crippen LogP contribution in [0.15, 0.2) is 48.5 Å². The molecule has 3 atom stereocenters. The van der Waals surface area contributed by atoms with Gasteiger partial charge in [0.25, 0.3) is 0 Å². The Bertz CT molecular complexity index is 1030. The van der Waals surface area contributed by atoms with E-state index in [1.807, 2.05) is 24.3 Å². The van der Waals surface area contributed by atoms with Crippen LogP contribution in [0.5, 0.6) is 5.75 Å². The van der Waals surface area contributed by atoms with Gasteiger partial charge < -0.3 is 19.9 Å². The van der Waals surface area contributed by atoms with Crippen molar-refractivity contribution in [2.45, 2.75) is 50.7 Å². The minimum atomic E-state index is -0.729. The molecule has 2 aromatic carbocycles. The van der Waals surface area contributed by atoms with Gasteiger partial charge in [0.05, 0.1) is 37.1 Å². The number of esters is 1. The summed E-state index contributed by atoms with van der Waals surface area (Å²) >= 11 is 0. The normalized spacial score (nSPS) is 24.7. The first-order chi connectivity index (χ1) is 16.5. The molecule has 0 spiro atoms. The predicted molar refractivity (Wildman–Crippen MR) is 130 cm³/mol. The second-order valence-electron chi connectivity index (χ2n) is 9.18. The zero-order chi connectivity index (χ0) is 24.1. The highest BCUT2D eigenvalue weighted by Crippen LogP contribution is 2.50. The van der Waals surface area contributed by atoms with Crippen LogP contribution in [0.4, 0.5) is 5.69 Å². The Morgan fingerprint density at radius 1 is 1.12 bits per heavy atom. The van der Waals surface area contributed by atoms with E-state index in [4.69, 9.17) is 9.47 Å². The Hall–Kier alpha value is -2.90. The van der Waals surface area contributed by atoms with Crippen molar-refractivity contribution in [3.8, 4) is 5.75 Å². The summed E-state index contributed by atoms with van der Waals surface area (Å²) in [6.07, 6.45) is 4.41. The summed E-state index contributed by atoms with van der Waals surface area (Å²) in [7, 11) is 1.65. The number of hydrogen-bond acceptors (Lipinski definition) is 6. The second-order valence-corrected chi connectivity index (χ2v) is 9.18. The molecule has 3 unspecified atom stereocenters. The molecule has 1 saturated heterocycles. The van der Waals surface area contributed by atoms with Crippen molar-refractivity contribution in [3.63, 3.8) is 0 Å². The number of para-hydroxylation sites is 2. The third-order valence-electron chi connectivity index (χ3n) is 7.17. The Morgan fingerprint density at radius 2 is 1.88 bits per heavy atom. The predicted octanol–water partition coefficient (Wildman–Crippen LogP) is 4.18. The van der Waals surface area contributed by atoms with Crippen LogP contribution in [0.2, 0.25) is 0 Å². The van der Waals surface area contributed by atoms with Crippen molar-refractivity contribution >= 4 is 17.6 Å². The standard InChI is InChI=1S/C27H34N2O5/c1-3-34-26(31)19-10-4-6-13-22(19)28-24(30)18-29-17-16-27(32)15-9-8-12-21(27)25(29)20-11-5-7-14-23(20)33-2/h4-7,10-11,13-14,21,25,32H,3,8-9,12,15-18H2,1-2H3,(H,28,30). The van der Waals surface area contributed by atoms with Gasteiger partial charge in [-0.1, -0.05) is 43.2 Å². The summed E-state index contributed by atoms with van der Waals surface area (Å²) in [5, 5.41) is 14.4. The van der Waals surface area contributed by atoms with Crippen LogP contribution in [0, 0.1) is 5.92 Å². The molecule has 2 N–H and O–H groups in total. The number of nitrogens with one attached hydrogen (secondary N) is 1. The highest BCUT2D eigenvalue weighted by atomic mass is 16.5. The lowest BCUT2D eigenvalue weighted by Crippen LogP contribution is -2.56. The van der Waals surface area contributed by atoms with E-state index in [9.17, 15) is 14.7 Å². The van der Waals surface area contributed by atoms with E-state index in [1.165, 1.54) is 0 Å². The van der Waals surface area contributed by atoms with Gasteiger partial charge >= 0.3 is 5.97 Å². The maximum Gasteiger partial charge on any atom is 0.340 e. The molecular formula is C27H34N2O5. The number of carbonyl (C=O) groups excluding carboxylic acids is 2. The average molecular weight is 467 g/mol. The Morgan fingerprint density at radius 3 is 2.68 bits per heavy atom. The maximum absolute atomic E-state index is 13.2. The van der Waals surface area contributed by atoms with Crippen LogP contribution in [-0.2, 0) is 9.53 Å². The maximum atomic E-state index is 13.2. The van der Waals surface area contributed by atoms with Gasteiger partial charge in [-0.05, 0) is 44.4 Å².